The van der Waals surface area contributed by atoms with Crippen molar-refractivity contribution >= 4 is 15.9 Å². The fourth-order valence-electron chi connectivity index (χ4n) is 0.893. The van der Waals surface area contributed by atoms with Crippen LogP contribution in [0.3, 0.4) is 0 Å². The van der Waals surface area contributed by atoms with Gasteiger partial charge in [-0.15, -0.1) is 0 Å². The van der Waals surface area contributed by atoms with Crippen LogP contribution >= 0.6 is 15.9 Å². The van der Waals surface area contributed by atoms with Gasteiger partial charge in [0.2, 0.25) is 0 Å². The molecule has 0 fully saturated rings. The molecule has 0 N–H and O–H groups in total. The van der Waals surface area contributed by atoms with Crippen molar-refractivity contribution in [1.82, 2.24) is 4.98 Å². The first-order chi connectivity index (χ1) is 5.45. The van der Waals surface area contributed by atoms with Crippen molar-refractivity contribution in [3.8, 4) is 5.95 Å². The van der Waals surface area contributed by atoms with Gasteiger partial charge in [0.15, 0.2) is 0 Å². The summed E-state index contributed by atoms with van der Waals surface area (Å²) in [4.78, 5) is 4.64. The lowest BCUT2D eigenvalue weighted by Gasteiger charge is -2.14. The van der Waals surface area contributed by atoms with Crippen LogP contribution in [0.1, 0.15) is 26.5 Å². The van der Waals surface area contributed by atoms with E-state index in [4.69, 9.17) is 9.15 Å². The van der Waals surface area contributed by atoms with E-state index in [1.165, 1.54) is 0 Å². The largest absolute Gasteiger partial charge is 0.467 e. The number of ether oxygens (including phenoxy) is 1. The van der Waals surface area contributed by atoms with Crippen molar-refractivity contribution in [2.24, 2.45) is 0 Å². The van der Waals surface area contributed by atoms with Crippen LogP contribution in [0.4, 0.5) is 0 Å². The molecule has 1 aromatic rings. The highest BCUT2D eigenvalue weighted by Gasteiger charge is 2.25. The van der Waals surface area contributed by atoms with E-state index in [1.807, 2.05) is 0 Å². The molecule has 0 atom stereocenters. The molecule has 0 amide bonds. The molecular formula is C8H12BrNO2. The second kappa shape index (κ2) is 3.09. The first-order valence-electron chi connectivity index (χ1n) is 3.66. The average molecular weight is 234 g/mol. The maximum absolute atomic E-state index is 5.17. The standard InChI is InChI=1S/C8H12BrNO2/c1-8(2,3)5-6(11-4)12-7(9)10-5/h1-4H3. The molecule has 4 heteroatoms. The number of halogens is 1. The molecule has 0 saturated carbocycles. The molecule has 0 spiro atoms. The molecule has 0 unspecified atom stereocenters. The Kier molecular flexibility index (Phi) is 2.46. The van der Waals surface area contributed by atoms with Crippen LogP contribution < -0.4 is 4.74 Å². The van der Waals surface area contributed by atoms with Gasteiger partial charge in [-0.3, -0.25) is 0 Å². The van der Waals surface area contributed by atoms with Gasteiger partial charge in [0.05, 0.1) is 7.11 Å². The molecule has 1 heterocycles. The molecule has 0 radical (unpaired) electrons. The van der Waals surface area contributed by atoms with Gasteiger partial charge in [0.1, 0.15) is 5.69 Å². The van der Waals surface area contributed by atoms with Gasteiger partial charge in [-0.2, -0.15) is 0 Å². The second-order valence-corrected chi connectivity index (χ2v) is 4.24. The van der Waals surface area contributed by atoms with Crippen LogP contribution in [-0.4, -0.2) is 12.1 Å². The van der Waals surface area contributed by atoms with E-state index in [-0.39, 0.29) is 5.41 Å². The van der Waals surface area contributed by atoms with Crippen LogP contribution in [0, 0.1) is 0 Å². The first kappa shape index (κ1) is 9.58. The third kappa shape index (κ3) is 1.80. The van der Waals surface area contributed by atoms with Gasteiger partial charge < -0.3 is 9.15 Å². The number of methoxy groups -OCH3 is 1. The number of aromatic nitrogens is 1. The topological polar surface area (TPSA) is 35.3 Å². The Bertz CT molecular complexity index is 275. The molecular weight excluding hydrogens is 222 g/mol. The maximum atomic E-state index is 5.17. The van der Waals surface area contributed by atoms with Crippen molar-refractivity contribution in [2.45, 2.75) is 26.2 Å². The summed E-state index contributed by atoms with van der Waals surface area (Å²) >= 11 is 3.16. The number of hydrogen-bond acceptors (Lipinski definition) is 3. The Morgan fingerprint density at radius 2 is 2.00 bits per heavy atom. The molecule has 3 nitrogen and oxygen atoms in total. The minimum absolute atomic E-state index is 0.0547. The molecule has 0 saturated heterocycles. The van der Waals surface area contributed by atoms with Crippen molar-refractivity contribution in [3.63, 3.8) is 0 Å². The minimum atomic E-state index is -0.0547. The lowest BCUT2D eigenvalue weighted by atomic mass is 9.93. The smallest absolute Gasteiger partial charge is 0.309 e. The van der Waals surface area contributed by atoms with E-state index in [0.29, 0.717) is 10.7 Å². The van der Waals surface area contributed by atoms with Crippen LogP contribution in [0.15, 0.2) is 9.22 Å². The number of hydrogen-bond donors (Lipinski definition) is 0. The van der Waals surface area contributed by atoms with Crippen molar-refractivity contribution in [2.75, 3.05) is 7.11 Å². The first-order valence-corrected chi connectivity index (χ1v) is 4.45. The summed E-state index contributed by atoms with van der Waals surface area (Å²) < 4.78 is 10.2. The SMILES string of the molecule is COc1oc(Br)nc1C(C)(C)C. The summed E-state index contributed by atoms with van der Waals surface area (Å²) in [6.45, 7) is 6.17. The highest BCUT2D eigenvalue weighted by Crippen LogP contribution is 2.32. The summed E-state index contributed by atoms with van der Waals surface area (Å²) in [5.41, 5.74) is 0.776. The second-order valence-electron chi connectivity index (χ2n) is 3.56. The molecule has 0 aliphatic heterocycles. The van der Waals surface area contributed by atoms with Gasteiger partial charge in [-0.25, -0.2) is 4.98 Å². The highest BCUT2D eigenvalue weighted by molar-refractivity contribution is 9.10. The molecule has 0 aliphatic rings. The van der Waals surface area contributed by atoms with E-state index in [2.05, 4.69) is 41.7 Å². The summed E-state index contributed by atoms with van der Waals surface area (Å²) in [6, 6.07) is 0. The summed E-state index contributed by atoms with van der Waals surface area (Å²) in [7, 11) is 1.57. The van der Waals surface area contributed by atoms with Gasteiger partial charge in [0, 0.05) is 21.3 Å². The molecule has 12 heavy (non-hydrogen) atoms. The van der Waals surface area contributed by atoms with Gasteiger partial charge in [-0.05, 0) is 0 Å². The Balaban J connectivity index is 3.13. The predicted molar refractivity (Wildman–Crippen MR) is 49.5 cm³/mol. The van der Waals surface area contributed by atoms with Gasteiger partial charge in [0.25, 0.3) is 4.80 Å². The summed E-state index contributed by atoms with van der Waals surface area (Å²) in [6.07, 6.45) is 0. The Morgan fingerprint density at radius 3 is 2.33 bits per heavy atom. The monoisotopic (exact) mass is 233 g/mol. The molecule has 0 aromatic carbocycles. The highest BCUT2D eigenvalue weighted by atomic mass is 79.9. The van der Waals surface area contributed by atoms with E-state index in [0.717, 1.165) is 5.69 Å². The van der Waals surface area contributed by atoms with Crippen molar-refractivity contribution < 1.29 is 9.15 Å². The fraction of sp³-hybridized carbons (Fsp3) is 0.625. The Morgan fingerprint density at radius 1 is 1.42 bits per heavy atom. The fourth-order valence-corrected chi connectivity index (χ4v) is 1.22. The van der Waals surface area contributed by atoms with E-state index < -0.39 is 0 Å². The number of rotatable bonds is 1. The quantitative estimate of drug-likeness (QED) is 0.749. The molecule has 68 valence electrons. The van der Waals surface area contributed by atoms with E-state index in [1.54, 1.807) is 7.11 Å². The van der Waals surface area contributed by atoms with Gasteiger partial charge in [-0.1, -0.05) is 20.8 Å². The third-order valence-corrected chi connectivity index (χ3v) is 1.80. The lowest BCUT2D eigenvalue weighted by molar-refractivity contribution is 0.289. The maximum Gasteiger partial charge on any atom is 0.309 e. The van der Waals surface area contributed by atoms with E-state index in [9.17, 15) is 0 Å². The zero-order chi connectivity index (χ0) is 9.35. The molecule has 1 rings (SSSR count). The number of nitrogens with zero attached hydrogens (tertiary/aromatic N) is 1. The zero-order valence-electron chi connectivity index (χ0n) is 7.64. The zero-order valence-corrected chi connectivity index (χ0v) is 9.23. The van der Waals surface area contributed by atoms with Gasteiger partial charge >= 0.3 is 5.95 Å². The Labute approximate surface area is 80.3 Å². The van der Waals surface area contributed by atoms with Crippen LogP contribution in [0.2, 0.25) is 0 Å². The predicted octanol–water partition coefficient (Wildman–Crippen LogP) is 2.74. The lowest BCUT2D eigenvalue weighted by Crippen LogP contribution is -2.12. The third-order valence-electron chi connectivity index (χ3n) is 1.47. The average Bonchev–Trinajstić information content (AvgIpc) is 2.29. The minimum Gasteiger partial charge on any atom is -0.467 e. The van der Waals surface area contributed by atoms with Crippen LogP contribution in [0.5, 0.6) is 5.95 Å². The van der Waals surface area contributed by atoms with E-state index >= 15 is 0 Å². The molecule has 0 bridgehead atoms. The molecule has 0 aliphatic carbocycles. The summed E-state index contributed by atoms with van der Waals surface area (Å²) in [5, 5.41) is 0. The van der Waals surface area contributed by atoms with Crippen molar-refractivity contribution in [1.29, 1.82) is 0 Å². The normalized spacial score (nSPS) is 11.8. The number of oxazole rings is 1. The Hall–Kier alpha value is -0.510. The van der Waals surface area contributed by atoms with Crippen LogP contribution in [0.25, 0.3) is 0 Å². The van der Waals surface area contributed by atoms with Crippen molar-refractivity contribution in [3.05, 3.63) is 10.5 Å². The molecule has 1 aromatic heterocycles. The van der Waals surface area contributed by atoms with Crippen LogP contribution in [-0.2, 0) is 5.41 Å². The summed E-state index contributed by atoms with van der Waals surface area (Å²) in [5.74, 6) is 0.481.